The third-order valence-corrected chi connectivity index (χ3v) is 9.66. The number of rotatable bonds is 6. The Morgan fingerprint density at radius 1 is 1.07 bits per heavy atom. The molecule has 8 bridgehead atoms. The lowest BCUT2D eigenvalue weighted by Crippen LogP contribution is -2.44. The molecule has 0 aromatic carbocycles. The number of aliphatic carboxylic acids is 1. The minimum absolute atomic E-state index is 0.0540. The number of allylic oxidation sites excluding steroid dienone is 11. The number of hydrogen-bond donors (Lipinski definition) is 4. The fraction of sp³-hybridized carbons (Fsp3) is 0.343. The van der Waals surface area contributed by atoms with Gasteiger partial charge in [-0.05, 0) is 74.1 Å². The molecule has 5 heterocycles. The maximum absolute atomic E-state index is 13.3. The van der Waals surface area contributed by atoms with Crippen molar-refractivity contribution >= 4 is 29.1 Å². The molecule has 10 heteroatoms. The van der Waals surface area contributed by atoms with Crippen LogP contribution in [0.15, 0.2) is 119 Å². The monoisotopic (exact) mass is 608 g/mol. The quantitative estimate of drug-likeness (QED) is 0.302. The van der Waals surface area contributed by atoms with Gasteiger partial charge in [-0.2, -0.15) is 0 Å². The third kappa shape index (κ3) is 4.30. The highest BCUT2D eigenvalue weighted by molar-refractivity contribution is 6.26. The number of carbonyl (C=O) groups is 2. The van der Waals surface area contributed by atoms with Crippen LogP contribution in [0.5, 0.6) is 0 Å². The number of fused-ring (bicyclic) bond motifs is 5. The Morgan fingerprint density at radius 2 is 1.76 bits per heavy atom. The van der Waals surface area contributed by atoms with Gasteiger partial charge in [-0.25, -0.2) is 19.8 Å². The molecule has 3 atom stereocenters. The van der Waals surface area contributed by atoms with Crippen molar-refractivity contribution in [3.05, 3.63) is 104 Å². The van der Waals surface area contributed by atoms with Crippen molar-refractivity contribution in [1.82, 2.24) is 5.32 Å². The van der Waals surface area contributed by atoms with Crippen LogP contribution in [0.1, 0.15) is 53.9 Å². The molecule has 0 spiro atoms. The number of carboxylic acid groups (broad SMARTS) is 1. The SMILES string of the molecule is C=CC1=C(C)C2=NC1=CC1=NC(=CC3=C(C)C4=C(O)[C@](O)(C(=O)OC)C(=C5NC(=C2)[C@@H](C)[C@@H]5CCC(=O)O)C4=N3)C(CC)=C1C. The third-order valence-electron chi connectivity index (χ3n) is 9.66. The standard InChI is InChI=1S/C35H36N4O6/c1-8-19-15(3)22-12-24-17(5)21(10-11-28(40)41)31(38-24)30-32-29(33(42)35(30,44)34(43)45-7)18(6)25(39-32)14-27-20(9-2)16(4)23(37-27)13-26(19)36-22/h8,12-14,17,21,38,42,44H,1,9-11H2,2-7H3,(H,40,41)/t17-,21-,35-/m0/s1. The van der Waals surface area contributed by atoms with Crippen molar-refractivity contribution < 1.29 is 29.6 Å². The van der Waals surface area contributed by atoms with E-state index in [0.717, 1.165) is 58.6 Å². The van der Waals surface area contributed by atoms with Gasteiger partial charge in [0.25, 0.3) is 0 Å². The number of methoxy groups -OCH3 is 1. The van der Waals surface area contributed by atoms with Crippen molar-refractivity contribution in [3.8, 4) is 0 Å². The molecule has 0 aromatic heterocycles. The van der Waals surface area contributed by atoms with Crippen LogP contribution in [-0.4, -0.2) is 57.1 Å². The summed E-state index contributed by atoms with van der Waals surface area (Å²) in [6.45, 7) is 13.8. The number of aliphatic hydroxyl groups is 2. The lowest BCUT2D eigenvalue weighted by Gasteiger charge is -2.26. The molecular weight excluding hydrogens is 572 g/mol. The summed E-state index contributed by atoms with van der Waals surface area (Å²) in [5, 5.41) is 36.7. The van der Waals surface area contributed by atoms with Crippen LogP contribution in [0.2, 0.25) is 0 Å². The van der Waals surface area contributed by atoms with E-state index in [1.807, 2.05) is 39.0 Å². The van der Waals surface area contributed by atoms with Crippen LogP contribution in [0, 0.1) is 11.8 Å². The summed E-state index contributed by atoms with van der Waals surface area (Å²) in [6.07, 6.45) is 8.29. The van der Waals surface area contributed by atoms with E-state index in [1.54, 1.807) is 13.0 Å². The van der Waals surface area contributed by atoms with Gasteiger partial charge < -0.3 is 25.4 Å². The predicted molar refractivity (Wildman–Crippen MR) is 171 cm³/mol. The highest BCUT2D eigenvalue weighted by Crippen LogP contribution is 2.50. The first-order valence-electron chi connectivity index (χ1n) is 15.0. The molecule has 1 fully saturated rings. The summed E-state index contributed by atoms with van der Waals surface area (Å²) in [5.74, 6) is -3.35. The van der Waals surface area contributed by atoms with E-state index in [0.29, 0.717) is 22.7 Å². The average molecular weight is 609 g/mol. The summed E-state index contributed by atoms with van der Waals surface area (Å²) in [7, 11) is 1.14. The zero-order valence-electron chi connectivity index (χ0n) is 26.2. The van der Waals surface area contributed by atoms with Gasteiger partial charge >= 0.3 is 11.9 Å². The van der Waals surface area contributed by atoms with Crippen LogP contribution < -0.4 is 5.32 Å². The molecule has 5 aliphatic heterocycles. The Kier molecular flexibility index (Phi) is 7.16. The maximum atomic E-state index is 13.3. The first-order valence-corrected chi connectivity index (χ1v) is 15.0. The summed E-state index contributed by atoms with van der Waals surface area (Å²) < 4.78 is 5.02. The Hall–Kier alpha value is -4.83. The Bertz CT molecular complexity index is 1870. The molecule has 4 N–H and O–H groups in total. The number of aliphatic imine (C=N–C) groups is 3. The number of aliphatic hydroxyl groups excluding tert-OH is 1. The van der Waals surface area contributed by atoms with E-state index in [2.05, 4.69) is 18.8 Å². The van der Waals surface area contributed by atoms with Crippen molar-refractivity contribution in [2.75, 3.05) is 7.11 Å². The molecule has 0 aromatic rings. The highest BCUT2D eigenvalue weighted by atomic mass is 16.5. The number of nitrogens with zero attached hydrogens (tertiary/aromatic N) is 3. The molecule has 1 aliphatic carbocycles. The molecule has 6 rings (SSSR count). The molecule has 0 unspecified atom stereocenters. The number of ether oxygens (including phenoxy) is 1. The van der Waals surface area contributed by atoms with Crippen molar-refractivity contribution in [2.45, 2.75) is 59.5 Å². The minimum atomic E-state index is -2.55. The zero-order chi connectivity index (χ0) is 32.5. The van der Waals surface area contributed by atoms with E-state index in [4.69, 9.17) is 19.7 Å². The number of carbonyl (C=O) groups excluding carboxylic acids is 1. The van der Waals surface area contributed by atoms with Gasteiger partial charge in [0, 0.05) is 46.4 Å². The second-order valence-corrected chi connectivity index (χ2v) is 12.0. The van der Waals surface area contributed by atoms with Gasteiger partial charge in [0.2, 0.25) is 5.60 Å². The first kappa shape index (κ1) is 30.2. The van der Waals surface area contributed by atoms with Gasteiger partial charge in [-0.1, -0.05) is 26.5 Å². The van der Waals surface area contributed by atoms with Crippen LogP contribution in [0.25, 0.3) is 0 Å². The molecule has 10 nitrogen and oxygen atoms in total. The molecule has 0 radical (unpaired) electrons. The number of esters is 1. The van der Waals surface area contributed by atoms with Gasteiger partial charge in [-0.3, -0.25) is 4.79 Å². The average Bonchev–Trinajstić information content (AvgIpc) is 3.72. The van der Waals surface area contributed by atoms with Crippen LogP contribution in [-0.2, 0) is 14.3 Å². The first-order chi connectivity index (χ1) is 21.4. The highest BCUT2D eigenvalue weighted by Gasteiger charge is 2.59. The van der Waals surface area contributed by atoms with Gasteiger partial charge in [0.1, 0.15) is 0 Å². The van der Waals surface area contributed by atoms with Gasteiger partial charge in [-0.15, -0.1) is 0 Å². The summed E-state index contributed by atoms with van der Waals surface area (Å²) in [5.41, 5.74) is 6.98. The van der Waals surface area contributed by atoms with E-state index in [-0.39, 0.29) is 35.6 Å². The van der Waals surface area contributed by atoms with E-state index < -0.39 is 29.2 Å². The number of nitrogens with one attached hydrogen (secondary N) is 1. The minimum Gasteiger partial charge on any atom is -0.507 e. The Balaban J connectivity index is 1.70. The second kappa shape index (κ2) is 10.7. The largest absolute Gasteiger partial charge is 0.507 e. The molecule has 6 aliphatic rings. The predicted octanol–water partition coefficient (Wildman–Crippen LogP) is 5.22. The van der Waals surface area contributed by atoms with Gasteiger partial charge in [0.05, 0.1) is 41.3 Å². The van der Waals surface area contributed by atoms with E-state index in [9.17, 15) is 24.9 Å². The normalized spacial score (nSPS) is 27.0. The Morgan fingerprint density at radius 3 is 2.40 bits per heavy atom. The molecular formula is C35H36N4O6. The second-order valence-electron chi connectivity index (χ2n) is 12.0. The van der Waals surface area contributed by atoms with E-state index in [1.165, 1.54) is 0 Å². The topological polar surface area (TPSA) is 153 Å². The molecule has 0 saturated carbocycles. The maximum Gasteiger partial charge on any atom is 0.350 e. The fourth-order valence-corrected chi connectivity index (χ4v) is 7.09. The summed E-state index contributed by atoms with van der Waals surface area (Å²) >= 11 is 0. The van der Waals surface area contributed by atoms with Crippen molar-refractivity contribution in [1.29, 1.82) is 0 Å². The summed E-state index contributed by atoms with van der Waals surface area (Å²) in [4.78, 5) is 39.9. The summed E-state index contributed by atoms with van der Waals surface area (Å²) in [6, 6.07) is 0. The fourth-order valence-electron chi connectivity index (χ4n) is 7.09. The molecule has 45 heavy (non-hydrogen) atoms. The molecule has 1 saturated heterocycles. The lowest BCUT2D eigenvalue weighted by atomic mass is 9.83. The van der Waals surface area contributed by atoms with Crippen molar-refractivity contribution in [2.24, 2.45) is 26.8 Å². The number of hydrogen-bond acceptors (Lipinski definition) is 9. The molecule has 0 amide bonds. The smallest absolute Gasteiger partial charge is 0.350 e. The van der Waals surface area contributed by atoms with Crippen molar-refractivity contribution in [3.63, 3.8) is 0 Å². The van der Waals surface area contributed by atoms with Gasteiger partial charge in [0.15, 0.2) is 5.76 Å². The van der Waals surface area contributed by atoms with Crippen LogP contribution in [0.4, 0.5) is 0 Å². The van der Waals surface area contributed by atoms with E-state index >= 15 is 0 Å². The van der Waals surface area contributed by atoms with Crippen LogP contribution >= 0.6 is 0 Å². The zero-order valence-corrected chi connectivity index (χ0v) is 26.2. The lowest BCUT2D eigenvalue weighted by molar-refractivity contribution is -0.156. The molecule has 232 valence electrons. The number of carboxylic acids is 1. The van der Waals surface area contributed by atoms with Crippen LogP contribution in [0.3, 0.4) is 0 Å². The Labute approximate surface area is 261 Å².